The molecule has 1 fully saturated rings. The highest BCUT2D eigenvalue weighted by molar-refractivity contribution is 5.86. The predicted octanol–water partition coefficient (Wildman–Crippen LogP) is 3.94. The molecule has 0 unspecified atom stereocenters. The summed E-state index contributed by atoms with van der Waals surface area (Å²) in [6.45, 7) is 3.96. The minimum atomic E-state index is -0.370. The first-order valence-corrected chi connectivity index (χ1v) is 8.36. The third-order valence-electron chi connectivity index (χ3n) is 4.48. The fourth-order valence-corrected chi connectivity index (χ4v) is 3.24. The number of rotatable bonds is 4. The highest BCUT2D eigenvalue weighted by Gasteiger charge is 2.25. The van der Waals surface area contributed by atoms with Crippen LogP contribution in [0.3, 0.4) is 0 Å². The van der Waals surface area contributed by atoms with Crippen molar-refractivity contribution in [1.29, 1.82) is 0 Å². The van der Waals surface area contributed by atoms with Crippen molar-refractivity contribution in [3.8, 4) is 5.75 Å². The van der Waals surface area contributed by atoms with E-state index in [1.165, 1.54) is 0 Å². The number of ether oxygens (including phenoxy) is 1. The molecule has 2 aromatic rings. The second-order valence-corrected chi connectivity index (χ2v) is 6.22. The first-order valence-electron chi connectivity index (χ1n) is 8.36. The van der Waals surface area contributed by atoms with Gasteiger partial charge in [-0.15, -0.1) is 0 Å². The van der Waals surface area contributed by atoms with Crippen molar-refractivity contribution >= 4 is 16.8 Å². The third-order valence-corrected chi connectivity index (χ3v) is 4.48. The molecule has 0 aliphatic heterocycles. The molecule has 0 amide bonds. The Morgan fingerprint density at radius 1 is 1.26 bits per heavy atom. The second-order valence-electron chi connectivity index (χ2n) is 6.22. The maximum atomic E-state index is 12.0. The molecule has 1 aromatic carbocycles. The topological polar surface area (TPSA) is 56.5 Å². The summed E-state index contributed by atoms with van der Waals surface area (Å²) in [6.07, 6.45) is 4.74. The van der Waals surface area contributed by atoms with Crippen LogP contribution in [0, 0.1) is 6.92 Å². The third kappa shape index (κ3) is 3.16. The van der Waals surface area contributed by atoms with E-state index in [2.05, 4.69) is 6.92 Å². The van der Waals surface area contributed by atoms with E-state index in [0.29, 0.717) is 17.8 Å². The van der Waals surface area contributed by atoms with Crippen LogP contribution >= 0.6 is 0 Å². The molecule has 1 aliphatic carbocycles. The van der Waals surface area contributed by atoms with E-state index in [4.69, 9.17) is 9.15 Å². The fourth-order valence-electron chi connectivity index (χ4n) is 3.24. The van der Waals surface area contributed by atoms with Gasteiger partial charge < -0.3 is 9.15 Å². The number of carbonyl (C=O) groups excluding carboxylic acids is 1. The molecule has 0 bridgehead atoms. The monoisotopic (exact) mass is 314 g/mol. The molecule has 1 aliphatic rings. The van der Waals surface area contributed by atoms with Crippen molar-refractivity contribution < 1.29 is 13.9 Å². The summed E-state index contributed by atoms with van der Waals surface area (Å²) in [5, 5.41) is 0.950. The molecule has 0 saturated heterocycles. The second kappa shape index (κ2) is 6.57. The zero-order valence-electron chi connectivity index (χ0n) is 13.7. The predicted molar refractivity (Wildman–Crippen MR) is 89.1 cm³/mol. The standard InChI is InChI=1S/C19H22O4/c1-3-6-13-11-18(21)23-19-12(2)16(10-9-14(13)19)22-17-8-5-4-7-15(17)20/h9-11,17H,3-8H2,1-2H3/t17-/m0/s1. The van der Waals surface area contributed by atoms with Crippen LogP contribution in [0.1, 0.15) is 50.2 Å². The number of hydrogen-bond acceptors (Lipinski definition) is 4. The van der Waals surface area contributed by atoms with Crippen LogP contribution in [-0.4, -0.2) is 11.9 Å². The van der Waals surface area contributed by atoms with Crippen LogP contribution in [0.5, 0.6) is 5.75 Å². The van der Waals surface area contributed by atoms with E-state index in [1.807, 2.05) is 19.1 Å². The Morgan fingerprint density at radius 3 is 2.83 bits per heavy atom. The van der Waals surface area contributed by atoms with Crippen LogP contribution in [-0.2, 0) is 11.2 Å². The summed E-state index contributed by atoms with van der Waals surface area (Å²) in [6, 6.07) is 5.38. The van der Waals surface area contributed by atoms with Crippen molar-refractivity contribution in [3.05, 3.63) is 39.7 Å². The van der Waals surface area contributed by atoms with Crippen LogP contribution in [0.2, 0.25) is 0 Å². The van der Waals surface area contributed by atoms with E-state index >= 15 is 0 Å². The van der Waals surface area contributed by atoms with Crippen LogP contribution in [0.15, 0.2) is 27.4 Å². The largest absolute Gasteiger partial charge is 0.482 e. The lowest BCUT2D eigenvalue weighted by molar-refractivity contribution is -0.127. The Morgan fingerprint density at radius 2 is 2.09 bits per heavy atom. The van der Waals surface area contributed by atoms with Gasteiger partial charge in [0, 0.05) is 23.4 Å². The van der Waals surface area contributed by atoms with E-state index in [1.54, 1.807) is 6.07 Å². The number of benzene rings is 1. The average molecular weight is 314 g/mol. The molecule has 122 valence electrons. The first-order chi connectivity index (χ1) is 11.1. The molecular weight excluding hydrogens is 292 g/mol. The van der Waals surface area contributed by atoms with Gasteiger partial charge in [0.2, 0.25) is 0 Å². The Hall–Kier alpha value is -2.10. The minimum absolute atomic E-state index is 0.164. The molecule has 1 saturated carbocycles. The number of aryl methyl sites for hydroxylation is 2. The Balaban J connectivity index is 2.01. The van der Waals surface area contributed by atoms with E-state index in [0.717, 1.165) is 48.6 Å². The molecule has 1 aromatic heterocycles. The Bertz CT molecular complexity index is 788. The SMILES string of the molecule is CCCc1cc(=O)oc2c(C)c(O[C@H]3CCCCC3=O)ccc12. The van der Waals surface area contributed by atoms with Gasteiger partial charge in [0.25, 0.3) is 0 Å². The summed E-state index contributed by atoms with van der Waals surface area (Å²) in [7, 11) is 0. The fraction of sp³-hybridized carbons (Fsp3) is 0.474. The van der Waals surface area contributed by atoms with Crippen molar-refractivity contribution in [1.82, 2.24) is 0 Å². The van der Waals surface area contributed by atoms with Gasteiger partial charge in [-0.05, 0) is 50.3 Å². The lowest BCUT2D eigenvalue weighted by Gasteiger charge is -2.23. The normalized spacial score (nSPS) is 18.3. The van der Waals surface area contributed by atoms with Gasteiger partial charge in [-0.3, -0.25) is 4.79 Å². The lowest BCUT2D eigenvalue weighted by Crippen LogP contribution is -2.30. The van der Waals surface area contributed by atoms with E-state index in [9.17, 15) is 9.59 Å². The van der Waals surface area contributed by atoms with E-state index in [-0.39, 0.29) is 17.5 Å². The molecule has 4 nitrogen and oxygen atoms in total. The summed E-state index contributed by atoms with van der Waals surface area (Å²) in [5.41, 5.74) is 2.02. The Labute approximate surface area is 135 Å². The average Bonchev–Trinajstić information content (AvgIpc) is 2.53. The molecule has 4 heteroatoms. The molecule has 3 rings (SSSR count). The van der Waals surface area contributed by atoms with Crippen LogP contribution < -0.4 is 10.4 Å². The Kier molecular flexibility index (Phi) is 4.51. The van der Waals surface area contributed by atoms with Gasteiger partial charge in [-0.2, -0.15) is 0 Å². The van der Waals surface area contributed by atoms with Crippen molar-refractivity contribution in [2.75, 3.05) is 0 Å². The molecule has 0 radical (unpaired) electrons. The molecule has 1 heterocycles. The first kappa shape index (κ1) is 15.8. The zero-order valence-corrected chi connectivity index (χ0v) is 13.7. The van der Waals surface area contributed by atoms with Gasteiger partial charge in [0.15, 0.2) is 11.9 Å². The number of ketones is 1. The van der Waals surface area contributed by atoms with Crippen LogP contribution in [0.4, 0.5) is 0 Å². The van der Waals surface area contributed by atoms with E-state index < -0.39 is 0 Å². The summed E-state index contributed by atoms with van der Waals surface area (Å²) >= 11 is 0. The van der Waals surface area contributed by atoms with Crippen molar-refractivity contribution in [2.24, 2.45) is 0 Å². The highest BCUT2D eigenvalue weighted by atomic mass is 16.5. The number of fused-ring (bicyclic) bond motifs is 1. The van der Waals surface area contributed by atoms with Gasteiger partial charge in [-0.25, -0.2) is 4.79 Å². The number of hydrogen-bond donors (Lipinski definition) is 0. The maximum Gasteiger partial charge on any atom is 0.336 e. The number of carbonyl (C=O) groups is 1. The van der Waals surface area contributed by atoms with Crippen molar-refractivity contribution in [3.63, 3.8) is 0 Å². The highest BCUT2D eigenvalue weighted by Crippen LogP contribution is 2.31. The van der Waals surface area contributed by atoms with Crippen LogP contribution in [0.25, 0.3) is 11.0 Å². The smallest absolute Gasteiger partial charge is 0.336 e. The molecule has 0 spiro atoms. The molecular formula is C19H22O4. The molecule has 23 heavy (non-hydrogen) atoms. The minimum Gasteiger partial charge on any atom is -0.482 e. The number of Topliss-reactive ketones (excluding diaryl/α,β-unsaturated/α-hetero) is 1. The van der Waals surface area contributed by atoms with Gasteiger partial charge >= 0.3 is 5.63 Å². The summed E-state index contributed by atoms with van der Waals surface area (Å²) in [4.78, 5) is 23.8. The van der Waals surface area contributed by atoms with Gasteiger partial charge in [-0.1, -0.05) is 13.3 Å². The molecule has 0 N–H and O–H groups in total. The zero-order chi connectivity index (χ0) is 16.4. The molecule has 1 atom stereocenters. The van der Waals surface area contributed by atoms with Crippen molar-refractivity contribution in [2.45, 2.75) is 58.5 Å². The lowest BCUT2D eigenvalue weighted by atomic mass is 9.96. The van der Waals surface area contributed by atoms with Gasteiger partial charge in [0.1, 0.15) is 11.3 Å². The quantitative estimate of drug-likeness (QED) is 0.802. The summed E-state index contributed by atoms with van der Waals surface area (Å²) in [5.74, 6) is 0.798. The van der Waals surface area contributed by atoms with Gasteiger partial charge in [0.05, 0.1) is 0 Å². The summed E-state index contributed by atoms with van der Waals surface area (Å²) < 4.78 is 11.4. The maximum absolute atomic E-state index is 12.0.